The van der Waals surface area contributed by atoms with Gasteiger partial charge in [0.1, 0.15) is 0 Å². The fraction of sp³-hybridized carbons (Fsp3) is 0.875. The van der Waals surface area contributed by atoms with Gasteiger partial charge < -0.3 is 9.80 Å². The first-order valence-corrected chi connectivity index (χ1v) is 8.14. The van der Waals surface area contributed by atoms with E-state index in [9.17, 15) is 9.59 Å². The van der Waals surface area contributed by atoms with E-state index >= 15 is 0 Å². The third kappa shape index (κ3) is 3.33. The van der Waals surface area contributed by atoms with Crippen molar-refractivity contribution < 1.29 is 9.59 Å². The van der Waals surface area contributed by atoms with Crippen LogP contribution >= 0.6 is 0 Å². The van der Waals surface area contributed by atoms with Crippen molar-refractivity contribution in [2.24, 2.45) is 5.41 Å². The molecule has 4 heteroatoms. The van der Waals surface area contributed by atoms with Gasteiger partial charge >= 0.3 is 0 Å². The van der Waals surface area contributed by atoms with Crippen LogP contribution < -0.4 is 0 Å². The van der Waals surface area contributed by atoms with Gasteiger partial charge in [-0.2, -0.15) is 0 Å². The molecule has 0 bridgehead atoms. The van der Waals surface area contributed by atoms with Crippen LogP contribution in [0.15, 0.2) is 0 Å². The highest BCUT2D eigenvalue weighted by Crippen LogP contribution is 2.37. The summed E-state index contributed by atoms with van der Waals surface area (Å²) in [5, 5.41) is 0. The van der Waals surface area contributed by atoms with Gasteiger partial charge in [-0.25, -0.2) is 0 Å². The first-order chi connectivity index (χ1) is 9.57. The summed E-state index contributed by atoms with van der Waals surface area (Å²) < 4.78 is 0. The highest BCUT2D eigenvalue weighted by atomic mass is 16.2. The van der Waals surface area contributed by atoms with Crippen molar-refractivity contribution in [3.8, 4) is 0 Å². The molecule has 2 fully saturated rings. The summed E-state index contributed by atoms with van der Waals surface area (Å²) in [4.78, 5) is 28.7. The molecule has 2 rings (SSSR count). The van der Waals surface area contributed by atoms with Crippen molar-refractivity contribution in [3.05, 3.63) is 0 Å². The topological polar surface area (TPSA) is 40.6 Å². The molecule has 0 spiro atoms. The molecule has 1 saturated heterocycles. The van der Waals surface area contributed by atoms with Gasteiger partial charge in [0, 0.05) is 38.0 Å². The van der Waals surface area contributed by atoms with E-state index in [1.165, 1.54) is 6.42 Å². The van der Waals surface area contributed by atoms with Gasteiger partial charge in [0.2, 0.25) is 11.8 Å². The maximum atomic E-state index is 12.8. The van der Waals surface area contributed by atoms with E-state index < -0.39 is 0 Å². The predicted molar refractivity (Wildman–Crippen MR) is 79.3 cm³/mol. The monoisotopic (exact) mass is 280 g/mol. The van der Waals surface area contributed by atoms with Crippen LogP contribution in [-0.2, 0) is 9.59 Å². The van der Waals surface area contributed by atoms with Crippen LogP contribution in [0.25, 0.3) is 0 Å². The zero-order valence-electron chi connectivity index (χ0n) is 13.0. The SMILES string of the molecule is CCCN1CCN(C(=O)C2(C)CCCCC2)CCC1=O. The van der Waals surface area contributed by atoms with E-state index in [1.807, 2.05) is 9.80 Å². The Bertz CT molecular complexity index is 361. The third-order valence-corrected chi connectivity index (χ3v) is 4.84. The first-order valence-electron chi connectivity index (χ1n) is 8.14. The summed E-state index contributed by atoms with van der Waals surface area (Å²) in [5.41, 5.74) is -0.179. The summed E-state index contributed by atoms with van der Waals surface area (Å²) in [6, 6.07) is 0. The number of hydrogen-bond donors (Lipinski definition) is 0. The third-order valence-electron chi connectivity index (χ3n) is 4.84. The van der Waals surface area contributed by atoms with Crippen molar-refractivity contribution in [2.45, 2.75) is 58.8 Å². The Morgan fingerprint density at radius 2 is 1.85 bits per heavy atom. The van der Waals surface area contributed by atoms with Gasteiger partial charge in [0.15, 0.2) is 0 Å². The van der Waals surface area contributed by atoms with Gasteiger partial charge in [0.05, 0.1) is 0 Å². The molecular weight excluding hydrogens is 252 g/mol. The molecule has 1 aliphatic heterocycles. The van der Waals surface area contributed by atoms with E-state index in [0.29, 0.717) is 26.1 Å². The Labute approximate surface area is 122 Å². The van der Waals surface area contributed by atoms with Crippen LogP contribution in [0.3, 0.4) is 0 Å². The molecule has 1 saturated carbocycles. The van der Waals surface area contributed by atoms with Gasteiger partial charge in [-0.15, -0.1) is 0 Å². The maximum Gasteiger partial charge on any atom is 0.228 e. The van der Waals surface area contributed by atoms with Gasteiger partial charge in [-0.3, -0.25) is 9.59 Å². The molecule has 114 valence electrons. The van der Waals surface area contributed by atoms with E-state index in [-0.39, 0.29) is 17.2 Å². The van der Waals surface area contributed by atoms with Crippen molar-refractivity contribution >= 4 is 11.8 Å². The molecule has 2 amide bonds. The molecule has 1 aliphatic carbocycles. The summed E-state index contributed by atoms with van der Waals surface area (Å²) in [5.74, 6) is 0.485. The number of amides is 2. The summed E-state index contributed by atoms with van der Waals surface area (Å²) in [7, 11) is 0. The predicted octanol–water partition coefficient (Wildman–Crippen LogP) is 2.43. The molecule has 2 aliphatic rings. The number of hydrogen-bond acceptors (Lipinski definition) is 2. The van der Waals surface area contributed by atoms with Crippen LogP contribution in [0.1, 0.15) is 58.8 Å². The Hall–Kier alpha value is -1.06. The average Bonchev–Trinajstić information content (AvgIpc) is 2.62. The lowest BCUT2D eigenvalue weighted by Crippen LogP contribution is -2.45. The summed E-state index contributed by atoms with van der Waals surface area (Å²) in [6.07, 6.45) is 7.07. The lowest BCUT2D eigenvalue weighted by Gasteiger charge is -2.36. The van der Waals surface area contributed by atoms with Crippen molar-refractivity contribution in [1.29, 1.82) is 0 Å². The molecule has 4 nitrogen and oxygen atoms in total. The maximum absolute atomic E-state index is 12.8. The van der Waals surface area contributed by atoms with Crippen LogP contribution in [0, 0.1) is 5.41 Å². The van der Waals surface area contributed by atoms with Crippen molar-refractivity contribution in [2.75, 3.05) is 26.2 Å². The second-order valence-electron chi connectivity index (χ2n) is 6.54. The Kier molecular flexibility index (Phi) is 5.06. The molecule has 0 aromatic carbocycles. The first kappa shape index (κ1) is 15.3. The minimum Gasteiger partial charge on any atom is -0.341 e. The smallest absolute Gasteiger partial charge is 0.228 e. The number of carbonyl (C=O) groups excluding carboxylic acids is 2. The van der Waals surface area contributed by atoms with E-state index in [1.54, 1.807) is 0 Å². The molecule has 0 aromatic rings. The zero-order valence-corrected chi connectivity index (χ0v) is 13.0. The average molecular weight is 280 g/mol. The quantitative estimate of drug-likeness (QED) is 0.796. The molecule has 0 N–H and O–H groups in total. The molecule has 20 heavy (non-hydrogen) atoms. The Morgan fingerprint density at radius 1 is 1.15 bits per heavy atom. The fourth-order valence-electron chi connectivity index (χ4n) is 3.50. The van der Waals surface area contributed by atoms with Gasteiger partial charge in [-0.05, 0) is 19.3 Å². The van der Waals surface area contributed by atoms with Gasteiger partial charge in [-0.1, -0.05) is 33.1 Å². The Morgan fingerprint density at radius 3 is 2.50 bits per heavy atom. The van der Waals surface area contributed by atoms with Gasteiger partial charge in [0.25, 0.3) is 0 Å². The fourth-order valence-corrected chi connectivity index (χ4v) is 3.50. The minimum atomic E-state index is -0.179. The molecule has 0 radical (unpaired) electrons. The number of rotatable bonds is 3. The van der Waals surface area contributed by atoms with E-state index in [4.69, 9.17) is 0 Å². The number of nitrogens with zero attached hydrogens (tertiary/aromatic N) is 2. The van der Waals surface area contributed by atoms with Crippen LogP contribution in [0.2, 0.25) is 0 Å². The minimum absolute atomic E-state index is 0.179. The highest BCUT2D eigenvalue weighted by Gasteiger charge is 2.38. The lowest BCUT2D eigenvalue weighted by atomic mass is 9.74. The standard InChI is InChI=1S/C16H28N2O2/c1-3-10-17-12-13-18(11-7-14(17)19)15(20)16(2)8-5-4-6-9-16/h3-13H2,1-2H3. The van der Waals surface area contributed by atoms with E-state index in [0.717, 1.165) is 38.6 Å². The summed E-state index contributed by atoms with van der Waals surface area (Å²) in [6.45, 7) is 7.04. The Balaban J connectivity index is 1.98. The van der Waals surface area contributed by atoms with Crippen molar-refractivity contribution in [1.82, 2.24) is 9.80 Å². The molecule has 0 aromatic heterocycles. The number of carbonyl (C=O) groups is 2. The molecule has 0 unspecified atom stereocenters. The van der Waals surface area contributed by atoms with Crippen molar-refractivity contribution in [3.63, 3.8) is 0 Å². The van der Waals surface area contributed by atoms with E-state index in [2.05, 4.69) is 13.8 Å². The van der Waals surface area contributed by atoms with Crippen LogP contribution in [0.5, 0.6) is 0 Å². The molecular formula is C16H28N2O2. The second-order valence-corrected chi connectivity index (χ2v) is 6.54. The highest BCUT2D eigenvalue weighted by molar-refractivity contribution is 5.84. The van der Waals surface area contributed by atoms with Crippen LogP contribution in [-0.4, -0.2) is 47.8 Å². The van der Waals surface area contributed by atoms with Crippen LogP contribution in [0.4, 0.5) is 0 Å². The summed E-state index contributed by atoms with van der Waals surface area (Å²) >= 11 is 0. The molecule has 1 heterocycles. The molecule has 0 atom stereocenters. The zero-order chi connectivity index (χ0) is 14.6. The normalized spacial score (nSPS) is 23.6. The largest absolute Gasteiger partial charge is 0.341 e. The lowest BCUT2D eigenvalue weighted by molar-refractivity contribution is -0.143. The second kappa shape index (κ2) is 6.59.